The maximum absolute atomic E-state index is 13.3. The number of hydrogen-bond acceptors (Lipinski definition) is 8. The monoisotopic (exact) mass is 545 g/mol. The number of nitro benzene ring substituents is 1. The predicted molar refractivity (Wildman–Crippen MR) is 153 cm³/mol. The van der Waals surface area contributed by atoms with Gasteiger partial charge < -0.3 is 19.4 Å². The molecular weight excluding hydrogens is 518 g/mol. The number of carbonyl (C=O) groups is 1. The first-order chi connectivity index (χ1) is 18.8. The third kappa shape index (κ3) is 5.74. The molecule has 3 aromatic carbocycles. The average molecular weight is 546 g/mol. The van der Waals surface area contributed by atoms with Crippen LogP contribution in [-0.2, 0) is 11.2 Å². The number of benzene rings is 3. The van der Waals surface area contributed by atoms with E-state index in [1.165, 1.54) is 17.7 Å². The topological polar surface area (TPSA) is 123 Å². The van der Waals surface area contributed by atoms with Gasteiger partial charge in [-0.25, -0.2) is 4.98 Å². The van der Waals surface area contributed by atoms with Gasteiger partial charge in [0.1, 0.15) is 5.52 Å². The summed E-state index contributed by atoms with van der Waals surface area (Å²) >= 11 is 5.45. The molecule has 0 atom stereocenters. The summed E-state index contributed by atoms with van der Waals surface area (Å²) in [5, 5.41) is 17.2. The smallest absolute Gasteiger partial charge is 0.270 e. The number of aromatic nitrogens is 1. The Morgan fingerprint density at radius 1 is 1.13 bits per heavy atom. The minimum absolute atomic E-state index is 0.0600. The number of nitrogens with one attached hydrogen (secondary N) is 2. The summed E-state index contributed by atoms with van der Waals surface area (Å²) in [4.78, 5) is 30.7. The summed E-state index contributed by atoms with van der Waals surface area (Å²) in [6.07, 6.45) is 0.907. The second kappa shape index (κ2) is 11.2. The zero-order valence-electron chi connectivity index (χ0n) is 21.5. The molecule has 1 aliphatic rings. The fourth-order valence-electron chi connectivity index (χ4n) is 4.43. The number of thiocarbonyl (C=S) groups is 1. The van der Waals surface area contributed by atoms with Crippen molar-refractivity contribution in [3.05, 3.63) is 81.4 Å². The van der Waals surface area contributed by atoms with Crippen LogP contribution < -0.4 is 15.5 Å². The van der Waals surface area contributed by atoms with E-state index in [2.05, 4.69) is 22.5 Å². The molecule has 39 heavy (non-hydrogen) atoms. The third-order valence-corrected chi connectivity index (χ3v) is 6.81. The number of fused-ring (bicyclic) bond motifs is 1. The van der Waals surface area contributed by atoms with Crippen LogP contribution in [0.4, 0.5) is 17.1 Å². The number of hydrogen-bond donors (Lipinski definition) is 2. The van der Waals surface area contributed by atoms with Gasteiger partial charge in [0.05, 0.1) is 29.4 Å². The molecule has 0 unspecified atom stereocenters. The molecule has 1 aliphatic heterocycles. The van der Waals surface area contributed by atoms with Crippen LogP contribution in [0.5, 0.6) is 0 Å². The molecule has 1 fully saturated rings. The molecular formula is C28H27N5O5S. The SMILES string of the molecule is CCc1ccc2oc(-c3ccc(C)c(NC(=S)NC(=O)c4cc([N+](=O)[O-])ccc4N4CCOCC4)c3)nc2c1. The van der Waals surface area contributed by atoms with Crippen LogP contribution in [0.3, 0.4) is 0 Å². The first kappa shape index (κ1) is 26.3. The zero-order chi connectivity index (χ0) is 27.5. The van der Waals surface area contributed by atoms with Crippen LogP contribution in [0, 0.1) is 17.0 Å². The Morgan fingerprint density at radius 2 is 1.92 bits per heavy atom. The summed E-state index contributed by atoms with van der Waals surface area (Å²) < 4.78 is 11.4. The Balaban J connectivity index is 1.36. The molecule has 0 saturated carbocycles. The van der Waals surface area contributed by atoms with Crippen LogP contribution in [-0.4, -0.2) is 47.2 Å². The second-order valence-electron chi connectivity index (χ2n) is 9.17. The molecule has 1 aromatic heterocycles. The van der Waals surface area contributed by atoms with Gasteiger partial charge in [0.2, 0.25) is 5.89 Å². The van der Waals surface area contributed by atoms with Gasteiger partial charge in [-0.1, -0.05) is 19.1 Å². The number of nitro groups is 1. The van der Waals surface area contributed by atoms with Gasteiger partial charge in [-0.2, -0.15) is 0 Å². The molecule has 200 valence electrons. The van der Waals surface area contributed by atoms with E-state index in [-0.39, 0.29) is 16.4 Å². The fraction of sp³-hybridized carbons (Fsp3) is 0.250. The van der Waals surface area contributed by atoms with Gasteiger partial charge in [-0.3, -0.25) is 20.2 Å². The predicted octanol–water partition coefficient (Wildman–Crippen LogP) is 5.24. The average Bonchev–Trinajstić information content (AvgIpc) is 3.37. The highest BCUT2D eigenvalue weighted by molar-refractivity contribution is 7.80. The molecule has 0 aliphatic carbocycles. The normalized spacial score (nSPS) is 13.3. The Bertz CT molecular complexity index is 1580. The second-order valence-corrected chi connectivity index (χ2v) is 9.58. The van der Waals surface area contributed by atoms with Crippen molar-refractivity contribution in [1.82, 2.24) is 10.3 Å². The third-order valence-electron chi connectivity index (χ3n) is 6.61. The van der Waals surface area contributed by atoms with E-state index in [9.17, 15) is 14.9 Å². The van der Waals surface area contributed by atoms with Crippen molar-refractivity contribution in [3.8, 4) is 11.5 Å². The number of aryl methyl sites for hydroxylation is 2. The largest absolute Gasteiger partial charge is 0.436 e. The molecule has 2 N–H and O–H groups in total. The first-order valence-electron chi connectivity index (χ1n) is 12.6. The molecule has 11 heteroatoms. The Morgan fingerprint density at radius 3 is 2.67 bits per heavy atom. The van der Waals surface area contributed by atoms with Gasteiger partial charge in [0.15, 0.2) is 10.7 Å². The first-order valence-corrected chi connectivity index (χ1v) is 13.0. The number of carbonyl (C=O) groups excluding carboxylic acids is 1. The minimum Gasteiger partial charge on any atom is -0.436 e. The molecule has 2 heterocycles. The van der Waals surface area contributed by atoms with E-state index in [0.29, 0.717) is 49.2 Å². The number of anilines is 2. The highest BCUT2D eigenvalue weighted by Crippen LogP contribution is 2.29. The number of oxazole rings is 1. The fourth-order valence-corrected chi connectivity index (χ4v) is 4.63. The Hall–Kier alpha value is -4.35. The Kier molecular flexibility index (Phi) is 7.53. The van der Waals surface area contributed by atoms with Gasteiger partial charge in [-0.05, 0) is 67.0 Å². The lowest BCUT2D eigenvalue weighted by molar-refractivity contribution is -0.384. The van der Waals surface area contributed by atoms with E-state index in [1.54, 1.807) is 6.07 Å². The lowest BCUT2D eigenvalue weighted by atomic mass is 10.1. The molecule has 1 amide bonds. The van der Waals surface area contributed by atoms with Gasteiger partial charge in [0, 0.05) is 36.5 Å². The molecule has 0 radical (unpaired) electrons. The minimum atomic E-state index is -0.544. The van der Waals surface area contributed by atoms with Gasteiger partial charge in [-0.15, -0.1) is 0 Å². The summed E-state index contributed by atoms with van der Waals surface area (Å²) in [5.41, 5.74) is 5.55. The maximum Gasteiger partial charge on any atom is 0.270 e. The molecule has 1 saturated heterocycles. The number of ether oxygens (including phenoxy) is 1. The van der Waals surface area contributed by atoms with Gasteiger partial charge in [0.25, 0.3) is 11.6 Å². The quantitative estimate of drug-likeness (QED) is 0.190. The molecule has 5 rings (SSSR count). The van der Waals surface area contributed by atoms with Crippen molar-refractivity contribution in [1.29, 1.82) is 0 Å². The van der Waals surface area contributed by atoms with Crippen LogP contribution in [0.2, 0.25) is 0 Å². The number of rotatable bonds is 6. The number of non-ortho nitro benzene ring substituents is 1. The van der Waals surface area contributed by atoms with Crippen LogP contribution in [0.25, 0.3) is 22.6 Å². The Labute approximate surface area is 230 Å². The number of amides is 1. The highest BCUT2D eigenvalue weighted by Gasteiger charge is 2.23. The standard InChI is InChI=1S/C28H27N5O5S/c1-3-18-5-9-25-23(14-18)29-27(38-25)19-6-4-17(2)22(15-19)30-28(39)31-26(34)21-16-20(33(35)36)7-8-24(21)32-10-12-37-13-11-32/h4-9,14-16H,3,10-13H2,1-2H3,(H2,30,31,34,39). The molecule has 10 nitrogen and oxygen atoms in total. The summed E-state index contributed by atoms with van der Waals surface area (Å²) in [7, 11) is 0. The van der Waals surface area contributed by atoms with E-state index in [4.69, 9.17) is 21.4 Å². The van der Waals surface area contributed by atoms with Crippen molar-refractivity contribution >= 4 is 51.4 Å². The maximum atomic E-state index is 13.3. The summed E-state index contributed by atoms with van der Waals surface area (Å²) in [6, 6.07) is 15.9. The summed E-state index contributed by atoms with van der Waals surface area (Å²) in [5.74, 6) is -0.0693. The number of morpholine rings is 1. The van der Waals surface area contributed by atoms with E-state index < -0.39 is 10.8 Å². The number of nitrogens with zero attached hydrogens (tertiary/aromatic N) is 3. The van der Waals surface area contributed by atoms with Crippen molar-refractivity contribution in [2.24, 2.45) is 0 Å². The van der Waals surface area contributed by atoms with Crippen LogP contribution >= 0.6 is 12.2 Å². The van der Waals surface area contributed by atoms with Crippen molar-refractivity contribution in [2.75, 3.05) is 36.5 Å². The van der Waals surface area contributed by atoms with E-state index in [0.717, 1.165) is 23.1 Å². The van der Waals surface area contributed by atoms with Crippen molar-refractivity contribution < 1.29 is 18.9 Å². The zero-order valence-corrected chi connectivity index (χ0v) is 22.3. The van der Waals surface area contributed by atoms with E-state index >= 15 is 0 Å². The van der Waals surface area contributed by atoms with Crippen LogP contribution in [0.1, 0.15) is 28.4 Å². The summed E-state index contributed by atoms with van der Waals surface area (Å²) in [6.45, 7) is 6.16. The van der Waals surface area contributed by atoms with Crippen LogP contribution in [0.15, 0.2) is 59.0 Å². The van der Waals surface area contributed by atoms with E-state index in [1.807, 2.05) is 48.2 Å². The molecule has 0 spiro atoms. The highest BCUT2D eigenvalue weighted by atomic mass is 32.1. The molecule has 4 aromatic rings. The van der Waals surface area contributed by atoms with Crippen molar-refractivity contribution in [3.63, 3.8) is 0 Å². The van der Waals surface area contributed by atoms with Gasteiger partial charge >= 0.3 is 0 Å². The van der Waals surface area contributed by atoms with Crippen molar-refractivity contribution in [2.45, 2.75) is 20.3 Å². The lowest BCUT2D eigenvalue weighted by Gasteiger charge is -2.30. The lowest BCUT2D eigenvalue weighted by Crippen LogP contribution is -2.39. The molecule has 0 bridgehead atoms.